The zero-order valence-corrected chi connectivity index (χ0v) is 16.2. The van der Waals surface area contributed by atoms with Crippen LogP contribution < -0.4 is 0 Å². The predicted molar refractivity (Wildman–Crippen MR) is 99.8 cm³/mol. The third-order valence-electron chi connectivity index (χ3n) is 5.61. The average molecular weight is 392 g/mol. The number of hydrogen-bond acceptors (Lipinski definition) is 4. The van der Waals surface area contributed by atoms with E-state index in [2.05, 4.69) is 4.98 Å². The van der Waals surface area contributed by atoms with Crippen molar-refractivity contribution in [3.63, 3.8) is 0 Å². The van der Waals surface area contributed by atoms with Crippen LogP contribution in [0.4, 0.5) is 8.78 Å². The molecule has 27 heavy (non-hydrogen) atoms. The van der Waals surface area contributed by atoms with Gasteiger partial charge >= 0.3 is 0 Å². The summed E-state index contributed by atoms with van der Waals surface area (Å²) in [5, 5.41) is 0.531. The van der Waals surface area contributed by atoms with Gasteiger partial charge in [0.1, 0.15) is 9.88 Å². The third kappa shape index (κ3) is 3.38. The van der Waals surface area contributed by atoms with Crippen molar-refractivity contribution >= 4 is 17.2 Å². The standard InChI is InChI=1S/C20H22F2N2O2S/c1-3-26-14-9-20(10-14)6-7-24(11-20)19(25)17-12(2)23-18(27-17)13-4-5-15(21)16(22)8-13/h4-5,8,14H,3,6-7,9-11H2,1-2H3. The molecule has 2 heterocycles. The maximum Gasteiger partial charge on any atom is 0.265 e. The SMILES string of the molecule is CCOC1CC2(CCN(C(=O)c3sc(-c4ccc(F)c(F)c4)nc3C)C2)C1. The van der Waals surface area contributed by atoms with Crippen LogP contribution in [0.25, 0.3) is 10.6 Å². The highest BCUT2D eigenvalue weighted by molar-refractivity contribution is 7.17. The average Bonchev–Trinajstić information content (AvgIpc) is 3.21. The molecular formula is C20H22F2N2O2S. The minimum absolute atomic E-state index is 0.0180. The Morgan fingerprint density at radius 2 is 2.15 bits per heavy atom. The lowest BCUT2D eigenvalue weighted by atomic mass is 9.66. The molecule has 1 amide bonds. The maximum atomic E-state index is 13.5. The highest BCUT2D eigenvalue weighted by atomic mass is 32.1. The Morgan fingerprint density at radius 1 is 1.37 bits per heavy atom. The van der Waals surface area contributed by atoms with Gasteiger partial charge in [-0.05, 0) is 56.7 Å². The van der Waals surface area contributed by atoms with Crippen LogP contribution >= 0.6 is 11.3 Å². The molecule has 1 aliphatic carbocycles. The summed E-state index contributed by atoms with van der Waals surface area (Å²) >= 11 is 1.24. The van der Waals surface area contributed by atoms with E-state index in [1.165, 1.54) is 17.4 Å². The quantitative estimate of drug-likeness (QED) is 0.773. The Bertz CT molecular complexity index is 877. The molecule has 1 saturated carbocycles. The molecule has 0 radical (unpaired) electrons. The fourth-order valence-electron chi connectivity index (χ4n) is 4.19. The van der Waals surface area contributed by atoms with E-state index in [1.807, 2.05) is 11.8 Å². The summed E-state index contributed by atoms with van der Waals surface area (Å²) in [4.78, 5) is 19.9. The van der Waals surface area contributed by atoms with E-state index in [1.54, 1.807) is 6.92 Å². The summed E-state index contributed by atoms with van der Waals surface area (Å²) in [6.45, 7) is 6.03. The molecule has 4 rings (SSSR count). The molecule has 1 saturated heterocycles. The number of rotatable bonds is 4. The molecule has 1 spiro atoms. The molecule has 0 unspecified atom stereocenters. The van der Waals surface area contributed by atoms with Gasteiger partial charge in [-0.3, -0.25) is 4.79 Å². The van der Waals surface area contributed by atoms with Gasteiger partial charge in [0.05, 0.1) is 11.8 Å². The number of aromatic nitrogens is 1. The number of carbonyl (C=O) groups is 1. The van der Waals surface area contributed by atoms with Gasteiger partial charge in [0, 0.05) is 25.3 Å². The van der Waals surface area contributed by atoms with Gasteiger partial charge in [-0.15, -0.1) is 11.3 Å². The first-order valence-electron chi connectivity index (χ1n) is 9.24. The number of benzene rings is 1. The highest BCUT2D eigenvalue weighted by Gasteiger charge is 2.50. The summed E-state index contributed by atoms with van der Waals surface area (Å²) in [7, 11) is 0. The van der Waals surface area contributed by atoms with Crippen molar-refractivity contribution in [1.82, 2.24) is 9.88 Å². The van der Waals surface area contributed by atoms with Crippen LogP contribution in [0.5, 0.6) is 0 Å². The molecule has 0 atom stereocenters. The van der Waals surface area contributed by atoms with Gasteiger partial charge in [0.25, 0.3) is 5.91 Å². The molecule has 2 fully saturated rings. The normalized spacial score (nSPS) is 24.4. The van der Waals surface area contributed by atoms with Gasteiger partial charge in [0.2, 0.25) is 0 Å². The molecule has 1 aliphatic heterocycles. The number of halogens is 2. The van der Waals surface area contributed by atoms with Crippen LogP contribution in [0.1, 0.15) is 41.6 Å². The first-order valence-corrected chi connectivity index (χ1v) is 10.1. The molecule has 2 aliphatic rings. The monoisotopic (exact) mass is 392 g/mol. The Hall–Kier alpha value is -1.86. The summed E-state index contributed by atoms with van der Waals surface area (Å²) in [5.41, 5.74) is 1.32. The number of thiazole rings is 1. The smallest absolute Gasteiger partial charge is 0.265 e. The number of carbonyl (C=O) groups excluding carboxylic acids is 1. The minimum Gasteiger partial charge on any atom is -0.378 e. The number of likely N-dealkylation sites (tertiary alicyclic amines) is 1. The van der Waals surface area contributed by atoms with Crippen molar-refractivity contribution < 1.29 is 18.3 Å². The van der Waals surface area contributed by atoms with E-state index in [0.29, 0.717) is 27.2 Å². The van der Waals surface area contributed by atoms with Gasteiger partial charge in [0.15, 0.2) is 11.6 Å². The van der Waals surface area contributed by atoms with Crippen LogP contribution in [0, 0.1) is 24.0 Å². The molecule has 0 N–H and O–H groups in total. The lowest BCUT2D eigenvalue weighted by Gasteiger charge is -2.44. The molecule has 144 valence electrons. The topological polar surface area (TPSA) is 42.4 Å². The van der Waals surface area contributed by atoms with Crippen LogP contribution in [0.3, 0.4) is 0 Å². The molecule has 7 heteroatoms. The lowest BCUT2D eigenvalue weighted by Crippen LogP contribution is -2.45. The Labute approximate surface area is 161 Å². The van der Waals surface area contributed by atoms with E-state index in [0.717, 1.165) is 51.1 Å². The predicted octanol–water partition coefficient (Wildman–Crippen LogP) is 4.43. The van der Waals surface area contributed by atoms with Crippen molar-refractivity contribution in [2.75, 3.05) is 19.7 Å². The van der Waals surface area contributed by atoms with Gasteiger partial charge < -0.3 is 9.64 Å². The molecule has 0 bridgehead atoms. The first kappa shape index (κ1) is 18.5. The van der Waals surface area contributed by atoms with Crippen molar-refractivity contribution in [2.45, 2.75) is 39.2 Å². The van der Waals surface area contributed by atoms with Crippen molar-refractivity contribution in [3.05, 3.63) is 40.4 Å². The van der Waals surface area contributed by atoms with Gasteiger partial charge in [-0.25, -0.2) is 13.8 Å². The second kappa shape index (κ2) is 6.95. The molecule has 4 nitrogen and oxygen atoms in total. The van der Waals surface area contributed by atoms with Crippen LogP contribution in [0.2, 0.25) is 0 Å². The van der Waals surface area contributed by atoms with E-state index in [9.17, 15) is 13.6 Å². The Kier molecular flexibility index (Phi) is 4.76. The minimum atomic E-state index is -0.913. The van der Waals surface area contributed by atoms with Crippen molar-refractivity contribution in [2.24, 2.45) is 5.41 Å². The Balaban J connectivity index is 1.49. The van der Waals surface area contributed by atoms with Crippen LogP contribution in [0.15, 0.2) is 18.2 Å². The Morgan fingerprint density at radius 3 is 2.85 bits per heavy atom. The zero-order chi connectivity index (χ0) is 19.2. The van der Waals surface area contributed by atoms with Gasteiger partial charge in [-0.1, -0.05) is 0 Å². The number of nitrogens with zero attached hydrogens (tertiary/aromatic N) is 2. The van der Waals surface area contributed by atoms with Crippen LogP contribution in [-0.4, -0.2) is 41.6 Å². The fourth-order valence-corrected chi connectivity index (χ4v) is 5.22. The van der Waals surface area contributed by atoms with Crippen molar-refractivity contribution in [3.8, 4) is 10.6 Å². The number of ether oxygens (including phenoxy) is 1. The number of amides is 1. The second-order valence-electron chi connectivity index (χ2n) is 7.52. The lowest BCUT2D eigenvalue weighted by molar-refractivity contribution is -0.0707. The maximum absolute atomic E-state index is 13.5. The molecule has 2 aromatic rings. The van der Waals surface area contributed by atoms with E-state index in [4.69, 9.17) is 4.74 Å². The largest absolute Gasteiger partial charge is 0.378 e. The van der Waals surface area contributed by atoms with Crippen LogP contribution in [-0.2, 0) is 4.74 Å². The number of aryl methyl sites for hydroxylation is 1. The molecular weight excluding hydrogens is 370 g/mol. The van der Waals surface area contributed by atoms with E-state index >= 15 is 0 Å². The molecule has 1 aromatic heterocycles. The first-order chi connectivity index (χ1) is 12.9. The van der Waals surface area contributed by atoms with Crippen molar-refractivity contribution in [1.29, 1.82) is 0 Å². The van der Waals surface area contributed by atoms with E-state index in [-0.39, 0.29) is 11.3 Å². The summed E-state index contributed by atoms with van der Waals surface area (Å²) in [5.74, 6) is -1.82. The summed E-state index contributed by atoms with van der Waals surface area (Å²) in [6, 6.07) is 3.69. The summed E-state index contributed by atoms with van der Waals surface area (Å²) < 4.78 is 32.3. The zero-order valence-electron chi connectivity index (χ0n) is 15.4. The third-order valence-corrected chi connectivity index (χ3v) is 6.80. The van der Waals surface area contributed by atoms with E-state index < -0.39 is 11.6 Å². The molecule has 1 aromatic carbocycles. The fraction of sp³-hybridized carbons (Fsp3) is 0.500. The number of hydrogen-bond donors (Lipinski definition) is 0. The summed E-state index contributed by atoms with van der Waals surface area (Å²) in [6.07, 6.45) is 3.38. The second-order valence-corrected chi connectivity index (χ2v) is 8.52. The van der Waals surface area contributed by atoms with Gasteiger partial charge in [-0.2, -0.15) is 0 Å². The highest BCUT2D eigenvalue weighted by Crippen LogP contribution is 2.49.